The van der Waals surface area contributed by atoms with E-state index in [1.807, 2.05) is 52.9 Å². The Hall–Kier alpha value is -3.22. The number of rotatable bonds is 7. The van der Waals surface area contributed by atoms with Gasteiger partial charge in [0.1, 0.15) is 5.83 Å². The number of halogens is 2. The van der Waals surface area contributed by atoms with Crippen molar-refractivity contribution in [3.05, 3.63) is 106 Å². The number of hydrogen-bond acceptors (Lipinski definition) is 3. The van der Waals surface area contributed by atoms with Crippen LogP contribution in [0.5, 0.6) is 0 Å². The van der Waals surface area contributed by atoms with Gasteiger partial charge in [0.15, 0.2) is 0 Å². The highest BCUT2D eigenvalue weighted by atomic mass is 35.5. The largest absolute Gasteiger partial charge is 0.338 e. The molecule has 7 heteroatoms. The number of benzene rings is 2. The van der Waals surface area contributed by atoms with E-state index in [1.165, 1.54) is 11.6 Å². The molecule has 0 N–H and O–H groups in total. The maximum Gasteiger partial charge on any atom is 0.257 e. The molecule has 1 unspecified atom stereocenters. The van der Waals surface area contributed by atoms with Crippen LogP contribution >= 0.6 is 11.6 Å². The van der Waals surface area contributed by atoms with Crippen LogP contribution in [0.1, 0.15) is 66.6 Å². The molecule has 0 bridgehead atoms. The number of allylic oxidation sites excluding steroid dienone is 2. The monoisotopic (exact) mass is 546 g/mol. The van der Waals surface area contributed by atoms with Gasteiger partial charge in [-0.05, 0) is 81.6 Å². The summed E-state index contributed by atoms with van der Waals surface area (Å²) in [7, 11) is 0. The topological polar surface area (TPSA) is 41.4 Å². The second-order valence-corrected chi connectivity index (χ2v) is 10.9. The number of nitrogens with zero attached hydrogens (tertiary/aromatic N) is 4. The predicted octanol–water partition coefficient (Wildman–Crippen LogP) is 7.15. The summed E-state index contributed by atoms with van der Waals surface area (Å²) < 4.78 is 16.2. The summed E-state index contributed by atoms with van der Waals surface area (Å²) in [6, 6.07) is 18.1. The summed E-state index contributed by atoms with van der Waals surface area (Å²) in [4.78, 5) is 18.2. The second kappa shape index (κ2) is 12.3. The van der Waals surface area contributed by atoms with Gasteiger partial charge >= 0.3 is 0 Å². The summed E-state index contributed by atoms with van der Waals surface area (Å²) in [5.41, 5.74) is 4.56. The third-order valence-electron chi connectivity index (χ3n) is 8.13. The van der Waals surface area contributed by atoms with E-state index < -0.39 is 0 Å². The van der Waals surface area contributed by atoms with E-state index in [0.29, 0.717) is 23.0 Å². The summed E-state index contributed by atoms with van der Waals surface area (Å²) in [6.45, 7) is 7.33. The Morgan fingerprint density at radius 2 is 1.67 bits per heavy atom. The molecule has 5 nitrogen and oxygen atoms in total. The zero-order valence-electron chi connectivity index (χ0n) is 22.7. The van der Waals surface area contributed by atoms with Gasteiger partial charge in [0.2, 0.25) is 0 Å². The minimum absolute atomic E-state index is 0.0532. The molecule has 5 rings (SSSR count). The molecule has 0 saturated carbocycles. The molecule has 1 aromatic heterocycles. The van der Waals surface area contributed by atoms with Crippen molar-refractivity contribution in [1.29, 1.82) is 0 Å². The Kier molecular flexibility index (Phi) is 8.63. The molecule has 3 heterocycles. The number of amides is 1. The molecule has 1 amide bonds. The lowest BCUT2D eigenvalue weighted by molar-refractivity contribution is 0.0788. The van der Waals surface area contributed by atoms with Crippen molar-refractivity contribution in [1.82, 2.24) is 19.6 Å². The highest BCUT2D eigenvalue weighted by Crippen LogP contribution is 2.35. The van der Waals surface area contributed by atoms with Crippen LogP contribution in [0.3, 0.4) is 0 Å². The first-order chi connectivity index (χ1) is 19.0. The Balaban J connectivity index is 1.38. The van der Waals surface area contributed by atoms with Gasteiger partial charge in [-0.2, -0.15) is 5.10 Å². The molecule has 2 aliphatic heterocycles. The number of likely N-dealkylation sites (tertiary alicyclic amines) is 2. The van der Waals surface area contributed by atoms with E-state index in [0.717, 1.165) is 62.4 Å². The second-order valence-electron chi connectivity index (χ2n) is 10.5. The van der Waals surface area contributed by atoms with Gasteiger partial charge in [-0.25, -0.2) is 9.07 Å². The molecule has 0 radical (unpaired) electrons. The molecule has 0 spiro atoms. The van der Waals surface area contributed by atoms with Crippen molar-refractivity contribution < 1.29 is 9.18 Å². The summed E-state index contributed by atoms with van der Waals surface area (Å²) in [5.74, 6) is 0.420. The van der Waals surface area contributed by atoms with Crippen molar-refractivity contribution in [3.8, 4) is 5.69 Å². The Labute approximate surface area is 235 Å². The molecular weight excluding hydrogens is 511 g/mol. The van der Waals surface area contributed by atoms with Gasteiger partial charge in [0, 0.05) is 36.5 Å². The van der Waals surface area contributed by atoms with Gasteiger partial charge < -0.3 is 4.90 Å². The van der Waals surface area contributed by atoms with E-state index in [1.54, 1.807) is 13.1 Å². The fourth-order valence-corrected chi connectivity index (χ4v) is 6.04. The lowest BCUT2D eigenvalue weighted by Crippen LogP contribution is -2.36. The molecule has 3 aromatic rings. The normalized spacial score (nSPS) is 19.6. The number of hydrogen-bond donors (Lipinski definition) is 0. The third kappa shape index (κ3) is 6.02. The Morgan fingerprint density at radius 3 is 2.33 bits per heavy atom. The minimum Gasteiger partial charge on any atom is -0.338 e. The third-order valence-corrected chi connectivity index (χ3v) is 8.38. The van der Waals surface area contributed by atoms with E-state index >= 15 is 0 Å². The Bertz CT molecular complexity index is 1340. The molecule has 2 fully saturated rings. The average molecular weight is 547 g/mol. The van der Waals surface area contributed by atoms with Crippen molar-refractivity contribution >= 4 is 17.5 Å². The quantitative estimate of drug-likeness (QED) is 0.295. The standard InChI is InChI=1S/C32H36ClFN4O/c1-3-23(30(34)4-2)21-36-17-14-25(15-18-36)31-29(20-35-38(31)28-12-10-27(33)11-13-28)32(39)37-19-16-26(22-37)24-8-6-5-7-9-24/h3-13,20,25-26H,14-19,21-22H2,1-2H3/b23-3-,30-4+. The molecule has 2 saturated heterocycles. The molecule has 39 heavy (non-hydrogen) atoms. The van der Waals surface area contributed by atoms with Crippen LogP contribution in [0.25, 0.3) is 5.69 Å². The first-order valence-corrected chi connectivity index (χ1v) is 14.2. The highest BCUT2D eigenvalue weighted by Gasteiger charge is 2.34. The van der Waals surface area contributed by atoms with Crippen molar-refractivity contribution in [3.63, 3.8) is 0 Å². The van der Waals surface area contributed by atoms with Gasteiger partial charge in [0.25, 0.3) is 5.91 Å². The van der Waals surface area contributed by atoms with Crippen LogP contribution in [0.15, 0.2) is 84.3 Å². The van der Waals surface area contributed by atoms with E-state index in [-0.39, 0.29) is 17.7 Å². The molecule has 2 aromatic carbocycles. The summed E-state index contributed by atoms with van der Waals surface area (Å²) >= 11 is 6.16. The number of aromatic nitrogens is 2. The molecule has 2 aliphatic rings. The summed E-state index contributed by atoms with van der Waals surface area (Å²) in [6.07, 6.45) is 7.83. The zero-order valence-corrected chi connectivity index (χ0v) is 23.4. The summed E-state index contributed by atoms with van der Waals surface area (Å²) in [5, 5.41) is 5.38. The fraction of sp³-hybridized carbons (Fsp3) is 0.375. The maximum absolute atomic E-state index is 14.2. The zero-order chi connectivity index (χ0) is 27.4. The van der Waals surface area contributed by atoms with Crippen LogP contribution < -0.4 is 0 Å². The number of carbonyl (C=O) groups excluding carboxylic acids is 1. The molecular formula is C32H36ClFN4O. The molecule has 0 aliphatic carbocycles. The first kappa shape index (κ1) is 27.4. The average Bonchev–Trinajstić information content (AvgIpc) is 3.65. The maximum atomic E-state index is 14.2. The van der Waals surface area contributed by atoms with E-state index in [2.05, 4.69) is 29.2 Å². The Morgan fingerprint density at radius 1 is 0.974 bits per heavy atom. The lowest BCUT2D eigenvalue weighted by atomic mass is 9.90. The lowest BCUT2D eigenvalue weighted by Gasteiger charge is -2.33. The van der Waals surface area contributed by atoms with Crippen LogP contribution in [0.4, 0.5) is 4.39 Å². The number of carbonyl (C=O) groups is 1. The fourth-order valence-electron chi connectivity index (χ4n) is 5.91. The SMILES string of the molecule is C/C=C(CN1CCC(c2c(C(=O)N3CCC(c4ccccc4)C3)cnn2-c2ccc(Cl)cc2)CC1)\C(F)=C/C. The van der Waals surface area contributed by atoms with Crippen molar-refractivity contribution in [2.75, 3.05) is 32.7 Å². The van der Waals surface area contributed by atoms with Gasteiger partial charge in [-0.3, -0.25) is 9.69 Å². The van der Waals surface area contributed by atoms with Crippen LogP contribution in [0, 0.1) is 0 Å². The van der Waals surface area contributed by atoms with Crippen molar-refractivity contribution in [2.24, 2.45) is 0 Å². The molecule has 1 atom stereocenters. The van der Waals surface area contributed by atoms with E-state index in [4.69, 9.17) is 16.7 Å². The van der Waals surface area contributed by atoms with Crippen LogP contribution in [-0.4, -0.2) is 58.2 Å². The smallest absolute Gasteiger partial charge is 0.257 e. The van der Waals surface area contributed by atoms with Gasteiger partial charge in [-0.1, -0.05) is 54.1 Å². The van der Waals surface area contributed by atoms with Crippen molar-refractivity contribution in [2.45, 2.75) is 44.9 Å². The molecule has 204 valence electrons. The highest BCUT2D eigenvalue weighted by molar-refractivity contribution is 6.30. The van der Waals surface area contributed by atoms with Crippen LogP contribution in [0.2, 0.25) is 5.02 Å². The predicted molar refractivity (Wildman–Crippen MR) is 155 cm³/mol. The number of piperidine rings is 1. The minimum atomic E-state index is -0.159. The van der Waals surface area contributed by atoms with Gasteiger partial charge in [-0.15, -0.1) is 0 Å². The van der Waals surface area contributed by atoms with Crippen LogP contribution in [-0.2, 0) is 0 Å². The van der Waals surface area contributed by atoms with Gasteiger partial charge in [0.05, 0.1) is 23.1 Å². The first-order valence-electron chi connectivity index (χ1n) is 13.9. The van der Waals surface area contributed by atoms with E-state index in [9.17, 15) is 9.18 Å².